The van der Waals surface area contributed by atoms with E-state index in [-0.39, 0.29) is 16.6 Å². The van der Waals surface area contributed by atoms with Crippen molar-refractivity contribution in [2.75, 3.05) is 18.6 Å². The Labute approximate surface area is 173 Å². The smallest absolute Gasteiger partial charge is 0.316 e. The zero-order valence-corrected chi connectivity index (χ0v) is 17.5. The largest absolute Gasteiger partial charge is 0.465 e. The van der Waals surface area contributed by atoms with Gasteiger partial charge in [-0.2, -0.15) is 0 Å². The quantitative estimate of drug-likeness (QED) is 0.417. The Hall–Kier alpha value is -2.78. The molecule has 0 atom stereocenters. The molecule has 150 valence electrons. The fourth-order valence-electron chi connectivity index (χ4n) is 2.55. The van der Waals surface area contributed by atoms with Crippen LogP contribution in [0.4, 0.5) is 0 Å². The highest BCUT2D eigenvalue weighted by molar-refractivity contribution is 7.99. The molecule has 0 N–H and O–H groups in total. The first kappa shape index (κ1) is 20.9. The zero-order chi connectivity index (χ0) is 20.9. The second kappa shape index (κ2) is 9.15. The maximum absolute atomic E-state index is 11.7. The third-order valence-corrected chi connectivity index (χ3v) is 5.83. The summed E-state index contributed by atoms with van der Waals surface area (Å²) in [5, 5.41) is 8.78. The number of esters is 1. The third-order valence-electron chi connectivity index (χ3n) is 3.89. The lowest BCUT2D eigenvalue weighted by molar-refractivity contribution is -0.139. The number of carbonyl (C=O) groups is 1. The summed E-state index contributed by atoms with van der Waals surface area (Å²) in [5.74, 6) is -0.255. The molecule has 7 nitrogen and oxygen atoms in total. The van der Waals surface area contributed by atoms with Gasteiger partial charge in [0.1, 0.15) is 11.4 Å². The number of hydrogen-bond donors (Lipinski definition) is 0. The first-order valence-electron chi connectivity index (χ1n) is 8.77. The van der Waals surface area contributed by atoms with Crippen LogP contribution >= 0.6 is 11.8 Å². The number of rotatable bonds is 7. The predicted molar refractivity (Wildman–Crippen MR) is 111 cm³/mol. The molecule has 0 radical (unpaired) electrons. The minimum Gasteiger partial charge on any atom is -0.465 e. The van der Waals surface area contributed by atoms with Gasteiger partial charge < -0.3 is 4.74 Å². The van der Waals surface area contributed by atoms with Crippen molar-refractivity contribution < 1.29 is 17.9 Å². The van der Waals surface area contributed by atoms with Gasteiger partial charge in [0.05, 0.1) is 17.3 Å². The standard InChI is InChI=1S/C20H19N3O4S2/c1-3-27-17(24)13-28-20-21-18(14-7-5-4-6-8-14)19(22-23-20)15-9-11-16(12-10-15)29(2,25)26/h4-12H,3,13H2,1-2H3. The number of sulfone groups is 1. The lowest BCUT2D eigenvalue weighted by Crippen LogP contribution is -2.08. The van der Waals surface area contributed by atoms with Crippen molar-refractivity contribution in [2.24, 2.45) is 0 Å². The van der Waals surface area contributed by atoms with Gasteiger partial charge in [-0.1, -0.05) is 54.2 Å². The number of thioether (sulfide) groups is 1. The van der Waals surface area contributed by atoms with Gasteiger partial charge in [-0.05, 0) is 19.1 Å². The van der Waals surface area contributed by atoms with E-state index >= 15 is 0 Å². The molecule has 0 aliphatic carbocycles. The maximum Gasteiger partial charge on any atom is 0.316 e. The Morgan fingerprint density at radius 3 is 2.24 bits per heavy atom. The number of carbonyl (C=O) groups excluding carboxylic acids is 1. The summed E-state index contributed by atoms with van der Waals surface area (Å²) in [6.07, 6.45) is 1.16. The van der Waals surface area contributed by atoms with Crippen LogP contribution in [0, 0.1) is 0 Å². The average Bonchev–Trinajstić information content (AvgIpc) is 2.72. The van der Waals surface area contributed by atoms with Gasteiger partial charge in [-0.15, -0.1) is 10.2 Å². The van der Waals surface area contributed by atoms with E-state index in [4.69, 9.17) is 4.74 Å². The van der Waals surface area contributed by atoms with Gasteiger partial charge in [0.25, 0.3) is 0 Å². The summed E-state index contributed by atoms with van der Waals surface area (Å²) < 4.78 is 28.3. The van der Waals surface area contributed by atoms with Gasteiger partial charge in [0.15, 0.2) is 9.84 Å². The fraction of sp³-hybridized carbons (Fsp3) is 0.200. The van der Waals surface area contributed by atoms with E-state index in [2.05, 4.69) is 15.2 Å². The summed E-state index contributed by atoms with van der Waals surface area (Å²) in [5.41, 5.74) is 2.65. The van der Waals surface area contributed by atoms with Gasteiger partial charge in [-0.25, -0.2) is 13.4 Å². The normalized spacial score (nSPS) is 11.2. The van der Waals surface area contributed by atoms with Crippen LogP contribution in [-0.4, -0.2) is 48.2 Å². The lowest BCUT2D eigenvalue weighted by Gasteiger charge is -2.10. The molecule has 1 aromatic heterocycles. The molecule has 0 saturated heterocycles. The summed E-state index contributed by atoms with van der Waals surface area (Å²) in [7, 11) is -3.29. The van der Waals surface area contributed by atoms with Crippen molar-refractivity contribution in [2.45, 2.75) is 17.0 Å². The Morgan fingerprint density at radius 2 is 1.62 bits per heavy atom. The average molecular weight is 430 g/mol. The Bertz CT molecular complexity index is 1100. The minimum absolute atomic E-state index is 0.0894. The van der Waals surface area contributed by atoms with Crippen LogP contribution in [0.1, 0.15) is 6.92 Å². The third kappa shape index (κ3) is 5.39. The van der Waals surface area contributed by atoms with E-state index in [9.17, 15) is 13.2 Å². The Kier molecular flexibility index (Phi) is 6.60. The molecule has 9 heteroatoms. The first-order valence-corrected chi connectivity index (χ1v) is 11.6. The molecule has 2 aromatic carbocycles. The molecule has 0 amide bonds. The predicted octanol–water partition coefficient (Wildman–Crippen LogP) is 3.26. The van der Waals surface area contributed by atoms with Crippen molar-refractivity contribution in [3.8, 4) is 22.5 Å². The minimum atomic E-state index is -3.29. The van der Waals surface area contributed by atoms with Crippen molar-refractivity contribution in [3.05, 3.63) is 54.6 Å². The number of hydrogen-bond acceptors (Lipinski definition) is 8. The van der Waals surface area contributed by atoms with E-state index in [0.717, 1.165) is 23.6 Å². The fourth-order valence-corrected chi connectivity index (χ4v) is 3.77. The summed E-state index contributed by atoms with van der Waals surface area (Å²) >= 11 is 1.15. The van der Waals surface area contributed by atoms with Crippen LogP contribution in [0.3, 0.4) is 0 Å². The van der Waals surface area contributed by atoms with Crippen molar-refractivity contribution in [1.29, 1.82) is 0 Å². The van der Waals surface area contributed by atoms with Gasteiger partial charge >= 0.3 is 5.97 Å². The zero-order valence-electron chi connectivity index (χ0n) is 15.9. The van der Waals surface area contributed by atoms with Gasteiger partial charge in [-0.3, -0.25) is 4.79 Å². The molecule has 0 fully saturated rings. The van der Waals surface area contributed by atoms with E-state index in [1.807, 2.05) is 30.3 Å². The molecular weight excluding hydrogens is 410 g/mol. The molecule has 0 aliphatic heterocycles. The number of nitrogens with zero attached hydrogens (tertiary/aromatic N) is 3. The lowest BCUT2D eigenvalue weighted by atomic mass is 10.0. The molecule has 29 heavy (non-hydrogen) atoms. The number of aromatic nitrogens is 3. The monoisotopic (exact) mass is 429 g/mol. The van der Waals surface area contributed by atoms with Crippen LogP contribution in [0.15, 0.2) is 64.6 Å². The highest BCUT2D eigenvalue weighted by Gasteiger charge is 2.16. The number of ether oxygens (including phenoxy) is 1. The van der Waals surface area contributed by atoms with Crippen LogP contribution in [-0.2, 0) is 19.4 Å². The number of benzene rings is 2. The van der Waals surface area contributed by atoms with Gasteiger partial charge in [0, 0.05) is 17.4 Å². The SMILES string of the molecule is CCOC(=O)CSc1nnc(-c2ccc(S(C)(=O)=O)cc2)c(-c2ccccc2)n1. The molecule has 3 rings (SSSR count). The van der Waals surface area contributed by atoms with Crippen molar-refractivity contribution in [1.82, 2.24) is 15.2 Å². The molecule has 0 spiro atoms. The van der Waals surface area contributed by atoms with Crippen LogP contribution in [0.5, 0.6) is 0 Å². The van der Waals surface area contributed by atoms with Gasteiger partial charge in [0.2, 0.25) is 5.16 Å². The van der Waals surface area contributed by atoms with Crippen LogP contribution in [0.2, 0.25) is 0 Å². The van der Waals surface area contributed by atoms with Crippen molar-refractivity contribution >= 4 is 27.6 Å². The second-order valence-corrected chi connectivity index (χ2v) is 9.01. The summed E-state index contributed by atoms with van der Waals surface area (Å²) in [6, 6.07) is 15.9. The van der Waals surface area contributed by atoms with E-state index in [1.165, 1.54) is 12.1 Å². The van der Waals surface area contributed by atoms with E-state index in [1.54, 1.807) is 19.1 Å². The Balaban J connectivity index is 1.99. The second-order valence-electron chi connectivity index (χ2n) is 6.05. The summed E-state index contributed by atoms with van der Waals surface area (Å²) in [6.45, 7) is 2.06. The Morgan fingerprint density at radius 1 is 0.966 bits per heavy atom. The molecule has 0 saturated carbocycles. The molecular formula is C20H19N3O4S2. The molecule has 0 bridgehead atoms. The molecule has 3 aromatic rings. The topological polar surface area (TPSA) is 99.1 Å². The van der Waals surface area contributed by atoms with Crippen LogP contribution < -0.4 is 0 Å². The summed E-state index contributed by atoms with van der Waals surface area (Å²) in [4.78, 5) is 16.4. The maximum atomic E-state index is 11.7. The molecule has 0 unspecified atom stereocenters. The highest BCUT2D eigenvalue weighted by atomic mass is 32.2. The van der Waals surface area contributed by atoms with Crippen LogP contribution in [0.25, 0.3) is 22.5 Å². The van der Waals surface area contributed by atoms with E-state index < -0.39 is 9.84 Å². The van der Waals surface area contributed by atoms with E-state index in [0.29, 0.717) is 28.7 Å². The molecule has 0 aliphatic rings. The van der Waals surface area contributed by atoms with Crippen molar-refractivity contribution in [3.63, 3.8) is 0 Å². The molecule has 1 heterocycles. The highest BCUT2D eigenvalue weighted by Crippen LogP contribution is 2.30. The first-order chi connectivity index (χ1) is 13.9.